The second-order valence-corrected chi connectivity index (χ2v) is 6.78. The second kappa shape index (κ2) is 9.16. The van der Waals surface area contributed by atoms with Gasteiger partial charge in [-0.1, -0.05) is 30.3 Å². The third-order valence-corrected chi connectivity index (χ3v) is 5.03. The van der Waals surface area contributed by atoms with Crippen LogP contribution in [0.25, 0.3) is 0 Å². The van der Waals surface area contributed by atoms with Gasteiger partial charge in [0.05, 0.1) is 0 Å². The molecule has 0 spiro atoms. The summed E-state index contributed by atoms with van der Waals surface area (Å²) in [6.45, 7) is 8.56. The minimum absolute atomic E-state index is 0.154. The van der Waals surface area contributed by atoms with E-state index in [9.17, 15) is 4.79 Å². The Morgan fingerprint density at radius 2 is 1.71 bits per heavy atom. The lowest BCUT2D eigenvalue weighted by Gasteiger charge is -2.34. The van der Waals surface area contributed by atoms with Crippen LogP contribution in [-0.2, 0) is 16.1 Å². The van der Waals surface area contributed by atoms with Crippen molar-refractivity contribution in [2.45, 2.75) is 19.4 Å². The van der Waals surface area contributed by atoms with Crippen molar-refractivity contribution in [3.05, 3.63) is 35.9 Å². The van der Waals surface area contributed by atoms with Gasteiger partial charge in [-0.3, -0.25) is 14.6 Å². The first kappa shape index (κ1) is 17.4. The number of amides is 1. The molecule has 2 aliphatic rings. The molecule has 0 radical (unpaired) electrons. The van der Waals surface area contributed by atoms with Crippen LogP contribution in [0.3, 0.4) is 0 Å². The van der Waals surface area contributed by atoms with Gasteiger partial charge in [-0.25, -0.2) is 0 Å². The number of nitrogens with one attached hydrogen (secondary N) is 1. The first-order chi connectivity index (χ1) is 11.8. The summed E-state index contributed by atoms with van der Waals surface area (Å²) in [6, 6.07) is 10.7. The molecule has 0 aromatic heterocycles. The minimum Gasteiger partial charge on any atom is -0.381 e. The van der Waals surface area contributed by atoms with Gasteiger partial charge < -0.3 is 10.1 Å². The van der Waals surface area contributed by atoms with E-state index in [2.05, 4.69) is 45.4 Å². The highest BCUT2D eigenvalue weighted by atomic mass is 16.5. The Hall–Kier alpha value is -1.43. The van der Waals surface area contributed by atoms with E-state index >= 15 is 0 Å². The quantitative estimate of drug-likeness (QED) is 0.855. The van der Waals surface area contributed by atoms with Crippen molar-refractivity contribution >= 4 is 5.91 Å². The van der Waals surface area contributed by atoms with Crippen LogP contribution in [0.5, 0.6) is 0 Å². The third kappa shape index (κ3) is 5.30. The fourth-order valence-corrected chi connectivity index (χ4v) is 3.45. The van der Waals surface area contributed by atoms with E-state index in [4.69, 9.17) is 4.74 Å². The van der Waals surface area contributed by atoms with Crippen LogP contribution in [0.15, 0.2) is 30.3 Å². The number of piperazine rings is 1. The van der Waals surface area contributed by atoms with Gasteiger partial charge in [0.15, 0.2) is 0 Å². The molecule has 2 fully saturated rings. The van der Waals surface area contributed by atoms with Crippen LogP contribution in [0.1, 0.15) is 18.4 Å². The maximum atomic E-state index is 12.1. The van der Waals surface area contributed by atoms with Gasteiger partial charge in [0.25, 0.3) is 0 Å². The molecule has 2 aliphatic heterocycles. The zero-order valence-corrected chi connectivity index (χ0v) is 14.5. The second-order valence-electron chi connectivity index (χ2n) is 6.78. The van der Waals surface area contributed by atoms with Crippen molar-refractivity contribution in [2.24, 2.45) is 5.92 Å². The summed E-state index contributed by atoms with van der Waals surface area (Å²) in [5.41, 5.74) is 1.38. The first-order valence-corrected chi connectivity index (χ1v) is 9.15. The average Bonchev–Trinajstić information content (AvgIpc) is 2.65. The normalized spacial score (nSPS) is 20.8. The van der Waals surface area contributed by atoms with Gasteiger partial charge in [0.1, 0.15) is 0 Å². The lowest BCUT2D eigenvalue weighted by molar-refractivity contribution is -0.127. The molecule has 1 N–H and O–H groups in total. The molecule has 0 aliphatic carbocycles. The van der Waals surface area contributed by atoms with E-state index in [0.29, 0.717) is 0 Å². The Bertz CT molecular complexity index is 495. The molecule has 2 saturated heterocycles. The highest BCUT2D eigenvalue weighted by molar-refractivity contribution is 5.78. The Morgan fingerprint density at radius 3 is 2.42 bits per heavy atom. The number of hydrogen-bond donors (Lipinski definition) is 1. The largest absolute Gasteiger partial charge is 0.381 e. The molecule has 0 unspecified atom stereocenters. The summed E-state index contributed by atoms with van der Waals surface area (Å²) in [4.78, 5) is 17.1. The summed E-state index contributed by atoms with van der Waals surface area (Å²) in [5.74, 6) is 0.363. The van der Waals surface area contributed by atoms with E-state index < -0.39 is 0 Å². The van der Waals surface area contributed by atoms with E-state index in [1.54, 1.807) is 0 Å². The zero-order valence-electron chi connectivity index (χ0n) is 14.5. The van der Waals surface area contributed by atoms with E-state index in [1.165, 1.54) is 5.56 Å². The van der Waals surface area contributed by atoms with Crippen LogP contribution in [0.2, 0.25) is 0 Å². The van der Waals surface area contributed by atoms with Crippen LogP contribution in [-0.4, -0.2) is 68.2 Å². The molecule has 0 saturated carbocycles. The zero-order chi connectivity index (χ0) is 16.6. The molecule has 5 heteroatoms. The smallest absolute Gasteiger partial charge is 0.223 e. The van der Waals surface area contributed by atoms with Crippen LogP contribution in [0.4, 0.5) is 0 Å². The molecule has 1 aromatic carbocycles. The fraction of sp³-hybridized carbons (Fsp3) is 0.632. The highest BCUT2D eigenvalue weighted by Gasteiger charge is 2.21. The lowest BCUT2D eigenvalue weighted by Crippen LogP contribution is -2.48. The van der Waals surface area contributed by atoms with E-state index in [0.717, 1.165) is 71.9 Å². The van der Waals surface area contributed by atoms with Crippen molar-refractivity contribution < 1.29 is 9.53 Å². The van der Waals surface area contributed by atoms with Gasteiger partial charge in [-0.15, -0.1) is 0 Å². The van der Waals surface area contributed by atoms with Gasteiger partial charge in [0, 0.05) is 64.9 Å². The number of hydrogen-bond acceptors (Lipinski definition) is 4. The molecule has 1 amide bonds. The summed E-state index contributed by atoms with van der Waals surface area (Å²) in [7, 11) is 0. The van der Waals surface area contributed by atoms with Crippen molar-refractivity contribution in [1.29, 1.82) is 0 Å². The standard InChI is InChI=1S/C19H29N3O2/c23-19(18-6-14-24-15-7-18)20-8-9-21-10-12-22(13-11-21)16-17-4-2-1-3-5-17/h1-5,18H,6-16H2,(H,20,23). The van der Waals surface area contributed by atoms with Crippen LogP contribution < -0.4 is 5.32 Å². The molecule has 5 nitrogen and oxygen atoms in total. The minimum atomic E-state index is 0.154. The van der Waals surface area contributed by atoms with Crippen molar-refractivity contribution in [3.8, 4) is 0 Å². The average molecular weight is 331 g/mol. The summed E-state index contributed by atoms with van der Waals surface area (Å²) in [5, 5.41) is 3.10. The highest BCUT2D eigenvalue weighted by Crippen LogP contribution is 2.14. The SMILES string of the molecule is O=C(NCCN1CCN(Cc2ccccc2)CC1)C1CCOCC1. The molecule has 24 heavy (non-hydrogen) atoms. The molecule has 3 rings (SSSR count). The third-order valence-electron chi connectivity index (χ3n) is 5.03. The van der Waals surface area contributed by atoms with Gasteiger partial charge in [-0.05, 0) is 18.4 Å². The van der Waals surface area contributed by atoms with Crippen molar-refractivity contribution in [1.82, 2.24) is 15.1 Å². The summed E-state index contributed by atoms with van der Waals surface area (Å²) < 4.78 is 5.31. The first-order valence-electron chi connectivity index (χ1n) is 9.15. The number of carbonyl (C=O) groups is 1. The maximum absolute atomic E-state index is 12.1. The monoisotopic (exact) mass is 331 g/mol. The van der Waals surface area contributed by atoms with Gasteiger partial charge in [-0.2, -0.15) is 0 Å². The predicted molar refractivity (Wildman–Crippen MR) is 94.7 cm³/mol. The Balaban J connectivity index is 1.30. The number of ether oxygens (including phenoxy) is 1. The molecular formula is C19H29N3O2. The molecular weight excluding hydrogens is 302 g/mol. The van der Waals surface area contributed by atoms with Crippen molar-refractivity contribution in [3.63, 3.8) is 0 Å². The van der Waals surface area contributed by atoms with E-state index in [1.807, 2.05) is 0 Å². The van der Waals surface area contributed by atoms with Crippen LogP contribution >= 0.6 is 0 Å². The van der Waals surface area contributed by atoms with Crippen LogP contribution in [0, 0.1) is 5.92 Å². The van der Waals surface area contributed by atoms with Crippen molar-refractivity contribution in [2.75, 3.05) is 52.5 Å². The Labute approximate surface area is 145 Å². The molecule has 132 valence electrons. The molecule has 2 heterocycles. The maximum Gasteiger partial charge on any atom is 0.223 e. The summed E-state index contributed by atoms with van der Waals surface area (Å²) in [6.07, 6.45) is 1.73. The lowest BCUT2D eigenvalue weighted by atomic mass is 9.99. The number of carbonyl (C=O) groups excluding carboxylic acids is 1. The van der Waals surface area contributed by atoms with Gasteiger partial charge in [0.2, 0.25) is 5.91 Å². The van der Waals surface area contributed by atoms with E-state index in [-0.39, 0.29) is 11.8 Å². The molecule has 0 bridgehead atoms. The number of rotatable bonds is 6. The summed E-state index contributed by atoms with van der Waals surface area (Å²) >= 11 is 0. The number of nitrogens with zero attached hydrogens (tertiary/aromatic N) is 2. The predicted octanol–water partition coefficient (Wildman–Crippen LogP) is 1.35. The topological polar surface area (TPSA) is 44.8 Å². The molecule has 0 atom stereocenters. The Kier molecular flexibility index (Phi) is 6.64. The fourth-order valence-electron chi connectivity index (χ4n) is 3.45. The molecule has 1 aromatic rings. The number of benzene rings is 1. The van der Waals surface area contributed by atoms with Gasteiger partial charge >= 0.3 is 0 Å². The Morgan fingerprint density at radius 1 is 1.04 bits per heavy atom.